The van der Waals surface area contributed by atoms with Crippen LogP contribution in [0.1, 0.15) is 28.9 Å². The molecule has 0 radical (unpaired) electrons. The number of nitrogens with zero attached hydrogens (tertiary/aromatic N) is 2. The molecule has 5 rings (SSSR count). The smallest absolute Gasteiger partial charge is 0.268 e. The Morgan fingerprint density at radius 2 is 1.77 bits per heavy atom. The quantitative estimate of drug-likeness (QED) is 0.537. The topological polar surface area (TPSA) is 47.7 Å². The summed E-state index contributed by atoms with van der Waals surface area (Å²) >= 11 is 0. The van der Waals surface area contributed by atoms with Crippen LogP contribution < -0.4 is 10.1 Å². The van der Waals surface area contributed by atoms with Gasteiger partial charge >= 0.3 is 0 Å². The zero-order valence-corrected chi connectivity index (χ0v) is 17.3. The first-order chi connectivity index (χ1) is 14.7. The molecule has 0 fully saturated rings. The first kappa shape index (κ1) is 18.6. The van der Waals surface area contributed by atoms with Gasteiger partial charge in [-0.3, -0.25) is 9.20 Å². The van der Waals surface area contributed by atoms with Gasteiger partial charge in [0.25, 0.3) is 5.91 Å². The van der Waals surface area contributed by atoms with Gasteiger partial charge in [0, 0.05) is 30.9 Å². The van der Waals surface area contributed by atoms with Gasteiger partial charge in [-0.2, -0.15) is 0 Å². The van der Waals surface area contributed by atoms with E-state index in [-0.39, 0.29) is 5.91 Å². The maximum absolute atomic E-state index is 13.0. The zero-order valence-electron chi connectivity index (χ0n) is 17.3. The summed E-state index contributed by atoms with van der Waals surface area (Å²) in [4.78, 5) is 13.0. The summed E-state index contributed by atoms with van der Waals surface area (Å²) < 4.78 is 9.80. The van der Waals surface area contributed by atoms with Crippen molar-refractivity contribution >= 4 is 11.6 Å². The van der Waals surface area contributed by atoms with Crippen molar-refractivity contribution in [1.29, 1.82) is 0 Å². The number of ether oxygens (including phenoxy) is 1. The summed E-state index contributed by atoms with van der Waals surface area (Å²) in [6, 6.07) is 18.4. The molecular weight excluding hydrogens is 374 g/mol. The Bertz CT molecular complexity index is 1220. The fourth-order valence-corrected chi connectivity index (χ4v) is 4.64. The third kappa shape index (κ3) is 2.81. The molecule has 2 aromatic carbocycles. The molecule has 1 N–H and O–H groups in total. The average molecular weight is 399 g/mol. The van der Waals surface area contributed by atoms with E-state index >= 15 is 0 Å². The fraction of sp³-hybridized carbons (Fsp3) is 0.240. The number of hydrogen-bond acceptors (Lipinski definition) is 2. The lowest BCUT2D eigenvalue weighted by molar-refractivity contribution is 0.0958. The number of methoxy groups -OCH3 is 1. The van der Waals surface area contributed by atoms with Crippen LogP contribution in [-0.2, 0) is 13.0 Å². The average Bonchev–Trinajstić information content (AvgIpc) is 3.22. The molecule has 5 nitrogen and oxygen atoms in total. The predicted octanol–water partition coefficient (Wildman–Crippen LogP) is 4.78. The predicted molar refractivity (Wildman–Crippen MR) is 119 cm³/mol. The van der Waals surface area contributed by atoms with Crippen molar-refractivity contribution in [3.8, 4) is 28.1 Å². The highest BCUT2D eigenvalue weighted by Crippen LogP contribution is 2.39. The second-order valence-corrected chi connectivity index (χ2v) is 7.69. The Morgan fingerprint density at radius 3 is 2.47 bits per heavy atom. The number of benzene rings is 2. The van der Waals surface area contributed by atoms with Gasteiger partial charge in [0.15, 0.2) is 0 Å². The highest BCUT2D eigenvalue weighted by Gasteiger charge is 2.28. The molecule has 2 aromatic heterocycles. The molecule has 3 heterocycles. The summed E-state index contributed by atoms with van der Waals surface area (Å²) in [5.74, 6) is 0.778. The third-order valence-corrected chi connectivity index (χ3v) is 6.02. The van der Waals surface area contributed by atoms with E-state index in [0.717, 1.165) is 59.6 Å². The lowest BCUT2D eigenvalue weighted by Gasteiger charge is -2.09. The van der Waals surface area contributed by atoms with E-state index in [2.05, 4.69) is 44.7 Å². The van der Waals surface area contributed by atoms with Gasteiger partial charge in [-0.15, -0.1) is 0 Å². The van der Waals surface area contributed by atoms with Crippen molar-refractivity contribution in [3.63, 3.8) is 0 Å². The van der Waals surface area contributed by atoms with Crippen LogP contribution >= 0.6 is 0 Å². The number of carbonyl (C=O) groups excluding carboxylic acids is 1. The third-order valence-electron chi connectivity index (χ3n) is 6.02. The zero-order chi connectivity index (χ0) is 20.7. The molecule has 152 valence electrons. The Balaban J connectivity index is 1.82. The highest BCUT2D eigenvalue weighted by molar-refractivity contribution is 6.03. The SMILES string of the molecule is CNC(=O)c1c(-c2ccccc2)c2c3n(c(-c4ccc(OC)cc4)cn13)CCCC2. The number of amides is 1. The molecular formula is C25H25N3O2. The van der Waals surface area contributed by atoms with Gasteiger partial charge < -0.3 is 14.6 Å². The largest absolute Gasteiger partial charge is 0.497 e. The van der Waals surface area contributed by atoms with Crippen LogP contribution in [0.4, 0.5) is 0 Å². The summed E-state index contributed by atoms with van der Waals surface area (Å²) in [5, 5.41) is 2.86. The van der Waals surface area contributed by atoms with Gasteiger partial charge in [-0.1, -0.05) is 30.3 Å². The van der Waals surface area contributed by atoms with Crippen molar-refractivity contribution in [1.82, 2.24) is 14.3 Å². The van der Waals surface area contributed by atoms with Crippen LogP contribution in [0.15, 0.2) is 60.8 Å². The minimum Gasteiger partial charge on any atom is -0.497 e. The van der Waals surface area contributed by atoms with Crippen molar-refractivity contribution in [2.24, 2.45) is 0 Å². The van der Waals surface area contributed by atoms with Crippen LogP contribution in [0.3, 0.4) is 0 Å². The monoisotopic (exact) mass is 399 g/mol. The Morgan fingerprint density at radius 1 is 1.00 bits per heavy atom. The van der Waals surface area contributed by atoms with Crippen LogP contribution in [0.25, 0.3) is 28.0 Å². The number of aromatic nitrogens is 2. The van der Waals surface area contributed by atoms with Crippen molar-refractivity contribution < 1.29 is 9.53 Å². The van der Waals surface area contributed by atoms with Gasteiger partial charge in [0.1, 0.15) is 17.1 Å². The molecule has 1 aliphatic rings. The van der Waals surface area contributed by atoms with Gasteiger partial charge in [-0.25, -0.2) is 0 Å². The standard InChI is InChI=1S/C25H25N3O2/c1-26-24(29)23-22(18-8-4-3-5-9-18)20-10-6-7-15-27-21(16-28(23)25(20)27)17-11-13-19(30-2)14-12-17/h3-5,8-9,11-14,16H,6-7,10,15H2,1-2H3,(H,26,29). The first-order valence-electron chi connectivity index (χ1n) is 10.4. The molecule has 0 aliphatic carbocycles. The molecule has 1 aliphatic heterocycles. The Kier molecular flexibility index (Phi) is 4.58. The fourth-order valence-electron chi connectivity index (χ4n) is 4.64. The van der Waals surface area contributed by atoms with E-state index in [0.29, 0.717) is 5.69 Å². The van der Waals surface area contributed by atoms with E-state index < -0.39 is 0 Å². The molecule has 0 unspecified atom stereocenters. The minimum absolute atomic E-state index is 0.0610. The highest BCUT2D eigenvalue weighted by atomic mass is 16.5. The number of carbonyl (C=O) groups is 1. The molecule has 30 heavy (non-hydrogen) atoms. The number of hydrogen-bond donors (Lipinski definition) is 1. The molecule has 0 spiro atoms. The van der Waals surface area contributed by atoms with Crippen LogP contribution in [0.2, 0.25) is 0 Å². The normalized spacial score (nSPS) is 13.3. The van der Waals surface area contributed by atoms with Crippen molar-refractivity contribution in [3.05, 3.63) is 72.1 Å². The molecule has 0 saturated heterocycles. The molecule has 1 amide bonds. The number of nitrogens with one attached hydrogen (secondary N) is 1. The van der Waals surface area contributed by atoms with Crippen LogP contribution in [0.5, 0.6) is 5.75 Å². The lowest BCUT2D eigenvalue weighted by Crippen LogP contribution is -2.20. The van der Waals surface area contributed by atoms with Gasteiger partial charge in [-0.05, 0) is 54.7 Å². The maximum atomic E-state index is 13.0. The summed E-state index contributed by atoms with van der Waals surface area (Å²) in [7, 11) is 3.38. The van der Waals surface area contributed by atoms with Crippen molar-refractivity contribution in [2.75, 3.05) is 14.2 Å². The van der Waals surface area contributed by atoms with Gasteiger partial charge in [0.2, 0.25) is 0 Å². The van der Waals surface area contributed by atoms with Crippen LogP contribution in [0, 0.1) is 0 Å². The van der Waals surface area contributed by atoms with E-state index in [4.69, 9.17) is 4.74 Å². The second kappa shape index (κ2) is 7.41. The second-order valence-electron chi connectivity index (χ2n) is 7.69. The Hall–Kier alpha value is -3.47. The summed E-state index contributed by atoms with van der Waals surface area (Å²) in [6.45, 7) is 0.941. The number of rotatable bonds is 4. The van der Waals surface area contributed by atoms with Crippen molar-refractivity contribution in [2.45, 2.75) is 25.8 Å². The Labute approximate surface area is 175 Å². The summed E-state index contributed by atoms with van der Waals surface area (Å²) in [6.07, 6.45) is 5.31. The van der Waals surface area contributed by atoms with Crippen LogP contribution in [-0.4, -0.2) is 29.0 Å². The molecule has 0 atom stereocenters. The number of imidazole rings is 1. The minimum atomic E-state index is -0.0610. The van der Waals surface area contributed by atoms with E-state index in [1.165, 1.54) is 5.56 Å². The first-order valence-corrected chi connectivity index (χ1v) is 10.4. The van der Waals surface area contributed by atoms with Gasteiger partial charge in [0.05, 0.1) is 12.8 Å². The van der Waals surface area contributed by atoms with E-state index in [1.807, 2.05) is 30.3 Å². The molecule has 0 bridgehead atoms. The lowest BCUT2D eigenvalue weighted by atomic mass is 9.98. The van der Waals surface area contributed by atoms with E-state index in [9.17, 15) is 4.79 Å². The summed E-state index contributed by atoms with van der Waals surface area (Å²) in [5.41, 5.74) is 7.50. The maximum Gasteiger partial charge on any atom is 0.268 e. The number of aryl methyl sites for hydroxylation is 2. The molecule has 4 aromatic rings. The molecule has 0 saturated carbocycles. The molecule has 5 heteroatoms. The van der Waals surface area contributed by atoms with E-state index in [1.54, 1.807) is 14.2 Å².